The van der Waals surface area contributed by atoms with Crippen LogP contribution in [0.5, 0.6) is 0 Å². The normalized spacial score (nSPS) is 38.1. The zero-order chi connectivity index (χ0) is 13.6. The number of rotatable bonds is 1. The van der Waals surface area contributed by atoms with E-state index >= 15 is 0 Å². The van der Waals surface area contributed by atoms with Gasteiger partial charge in [-0.15, -0.1) is 0 Å². The highest BCUT2D eigenvalue weighted by Crippen LogP contribution is 2.44. The summed E-state index contributed by atoms with van der Waals surface area (Å²) < 4.78 is 28.4. The molecular formula is C10H13N2O6P. The summed E-state index contributed by atoms with van der Waals surface area (Å²) in [5.74, 6) is -0.175. The van der Waals surface area contributed by atoms with Crippen LogP contribution in [0.15, 0.2) is 21.9 Å². The van der Waals surface area contributed by atoms with E-state index in [1.165, 1.54) is 16.8 Å². The average Bonchev–Trinajstić information content (AvgIpc) is 2.67. The molecule has 0 bridgehead atoms. The topological polar surface area (TPSA) is 99.6 Å². The standard InChI is InChI=1S/C10H13N2O6P/c1-5-8-6(4-16-19(15)18-8)17-9(5)12-3-2-7(13)11-10(12)14/h2-3,5-6,8-9,19H,4H2,1H3,(H,11,13,14). The number of fused-ring (bicyclic) bond motifs is 1. The molecule has 1 aromatic heterocycles. The van der Waals surface area contributed by atoms with E-state index < -0.39 is 25.7 Å². The number of hydrogen-bond donors (Lipinski definition) is 1. The summed E-state index contributed by atoms with van der Waals surface area (Å²) in [5, 5.41) is 0. The monoisotopic (exact) mass is 288 g/mol. The second-order valence-corrected chi connectivity index (χ2v) is 5.61. The quantitative estimate of drug-likeness (QED) is 0.723. The molecule has 2 saturated heterocycles. The summed E-state index contributed by atoms with van der Waals surface area (Å²) in [7, 11) is -2.47. The predicted molar refractivity (Wildman–Crippen MR) is 64.2 cm³/mol. The number of aromatic amines is 1. The summed E-state index contributed by atoms with van der Waals surface area (Å²) in [6.45, 7) is 2.02. The minimum atomic E-state index is -2.47. The molecule has 0 saturated carbocycles. The molecule has 0 amide bonds. The van der Waals surface area contributed by atoms with E-state index in [4.69, 9.17) is 13.8 Å². The number of ether oxygens (including phenoxy) is 1. The van der Waals surface area contributed by atoms with Crippen molar-refractivity contribution in [3.05, 3.63) is 33.1 Å². The van der Waals surface area contributed by atoms with Crippen molar-refractivity contribution in [2.75, 3.05) is 6.61 Å². The van der Waals surface area contributed by atoms with Gasteiger partial charge in [0.05, 0.1) is 6.61 Å². The fourth-order valence-electron chi connectivity index (χ4n) is 2.44. The Hall–Kier alpha value is -1.21. The smallest absolute Gasteiger partial charge is 0.330 e. The van der Waals surface area contributed by atoms with Crippen LogP contribution in [0.3, 0.4) is 0 Å². The van der Waals surface area contributed by atoms with E-state index in [1.54, 1.807) is 0 Å². The predicted octanol–water partition coefficient (Wildman–Crippen LogP) is -0.125. The van der Waals surface area contributed by atoms with Gasteiger partial charge in [-0.2, -0.15) is 0 Å². The molecule has 104 valence electrons. The molecule has 5 atom stereocenters. The van der Waals surface area contributed by atoms with Gasteiger partial charge in [0, 0.05) is 18.2 Å². The Morgan fingerprint density at radius 3 is 3.00 bits per heavy atom. The molecule has 9 heteroatoms. The molecule has 0 spiro atoms. The molecule has 3 heterocycles. The van der Waals surface area contributed by atoms with Crippen molar-refractivity contribution in [2.45, 2.75) is 25.4 Å². The van der Waals surface area contributed by atoms with Gasteiger partial charge in [0.2, 0.25) is 0 Å². The van der Waals surface area contributed by atoms with Gasteiger partial charge in [0.25, 0.3) is 5.56 Å². The highest BCUT2D eigenvalue weighted by molar-refractivity contribution is 7.33. The Bertz CT molecular complexity index is 625. The molecular weight excluding hydrogens is 275 g/mol. The Labute approximate surface area is 108 Å². The van der Waals surface area contributed by atoms with Crippen molar-refractivity contribution in [3.63, 3.8) is 0 Å². The van der Waals surface area contributed by atoms with Crippen molar-refractivity contribution in [3.8, 4) is 0 Å². The highest BCUT2D eigenvalue weighted by Gasteiger charge is 2.47. The number of H-pyrrole nitrogens is 1. The first-order valence-corrected chi connectivity index (χ1v) is 7.09. The van der Waals surface area contributed by atoms with E-state index in [2.05, 4.69) is 4.98 Å². The van der Waals surface area contributed by atoms with Crippen LogP contribution in [0.2, 0.25) is 0 Å². The van der Waals surface area contributed by atoms with Gasteiger partial charge >= 0.3 is 13.9 Å². The van der Waals surface area contributed by atoms with Gasteiger partial charge in [-0.1, -0.05) is 6.92 Å². The van der Waals surface area contributed by atoms with Crippen LogP contribution in [-0.2, 0) is 18.3 Å². The van der Waals surface area contributed by atoms with E-state index in [0.29, 0.717) is 0 Å². The Morgan fingerprint density at radius 1 is 1.47 bits per heavy atom. The van der Waals surface area contributed by atoms with Crippen LogP contribution < -0.4 is 11.2 Å². The maximum atomic E-state index is 11.7. The van der Waals surface area contributed by atoms with E-state index in [9.17, 15) is 14.2 Å². The molecule has 2 fully saturated rings. The Kier molecular flexibility index (Phi) is 3.18. The minimum Gasteiger partial charge on any atom is -0.349 e. The number of nitrogens with zero attached hydrogens (tertiary/aromatic N) is 1. The molecule has 2 aliphatic heterocycles. The molecule has 3 rings (SSSR count). The van der Waals surface area contributed by atoms with Crippen molar-refractivity contribution >= 4 is 8.25 Å². The van der Waals surface area contributed by atoms with Crippen molar-refractivity contribution in [1.82, 2.24) is 9.55 Å². The number of aromatic nitrogens is 2. The molecule has 5 unspecified atom stereocenters. The van der Waals surface area contributed by atoms with Gasteiger partial charge in [-0.3, -0.25) is 18.9 Å². The van der Waals surface area contributed by atoms with Crippen LogP contribution in [0.4, 0.5) is 0 Å². The Balaban J connectivity index is 1.92. The average molecular weight is 288 g/mol. The summed E-state index contributed by atoms with van der Waals surface area (Å²) in [6, 6.07) is 1.25. The van der Waals surface area contributed by atoms with Crippen molar-refractivity contribution in [1.29, 1.82) is 0 Å². The molecule has 0 radical (unpaired) electrons. The molecule has 19 heavy (non-hydrogen) atoms. The van der Waals surface area contributed by atoms with Crippen LogP contribution >= 0.6 is 8.25 Å². The maximum absolute atomic E-state index is 11.7. The van der Waals surface area contributed by atoms with Crippen LogP contribution in [0.25, 0.3) is 0 Å². The molecule has 0 aliphatic carbocycles. The van der Waals surface area contributed by atoms with E-state index in [1.807, 2.05) is 6.92 Å². The lowest BCUT2D eigenvalue weighted by molar-refractivity contribution is -0.0554. The molecule has 2 aliphatic rings. The lowest BCUT2D eigenvalue weighted by Gasteiger charge is -2.25. The van der Waals surface area contributed by atoms with Gasteiger partial charge in [0.1, 0.15) is 18.4 Å². The van der Waals surface area contributed by atoms with Gasteiger partial charge in [0.15, 0.2) is 0 Å². The highest BCUT2D eigenvalue weighted by atomic mass is 31.1. The van der Waals surface area contributed by atoms with Crippen molar-refractivity contribution in [2.24, 2.45) is 5.92 Å². The molecule has 1 aromatic rings. The first-order valence-electron chi connectivity index (χ1n) is 5.86. The molecule has 1 N–H and O–H groups in total. The summed E-state index contributed by atoms with van der Waals surface area (Å²) >= 11 is 0. The summed E-state index contributed by atoms with van der Waals surface area (Å²) in [5.41, 5.74) is -1.01. The third-order valence-corrected chi connectivity index (χ3v) is 4.24. The summed E-state index contributed by atoms with van der Waals surface area (Å²) in [4.78, 5) is 25.0. The van der Waals surface area contributed by atoms with Gasteiger partial charge in [-0.25, -0.2) is 4.79 Å². The number of hydrogen-bond acceptors (Lipinski definition) is 6. The first kappa shape index (κ1) is 12.8. The fourth-order valence-corrected chi connectivity index (χ4v) is 3.40. The fraction of sp³-hybridized carbons (Fsp3) is 0.600. The second-order valence-electron chi connectivity index (χ2n) is 4.59. The third kappa shape index (κ3) is 2.21. The third-order valence-electron chi connectivity index (χ3n) is 3.37. The van der Waals surface area contributed by atoms with E-state index in [-0.39, 0.29) is 24.7 Å². The molecule has 8 nitrogen and oxygen atoms in total. The largest absolute Gasteiger partial charge is 0.349 e. The lowest BCUT2D eigenvalue weighted by Crippen LogP contribution is -2.34. The SMILES string of the molecule is CC1C2O[PH](=O)OCC2OC1n1ccc(=O)[nH]c1=O. The number of nitrogens with one attached hydrogen (secondary N) is 1. The summed E-state index contributed by atoms with van der Waals surface area (Å²) in [6.07, 6.45) is 0.0742. The van der Waals surface area contributed by atoms with Crippen molar-refractivity contribution < 1.29 is 18.3 Å². The first-order chi connectivity index (χ1) is 9.06. The Morgan fingerprint density at radius 2 is 2.26 bits per heavy atom. The van der Waals surface area contributed by atoms with Crippen LogP contribution in [0.1, 0.15) is 13.2 Å². The minimum absolute atomic E-state index is 0.175. The maximum Gasteiger partial charge on any atom is 0.330 e. The van der Waals surface area contributed by atoms with E-state index in [0.717, 1.165) is 0 Å². The van der Waals surface area contributed by atoms with Gasteiger partial charge in [-0.05, 0) is 0 Å². The second kappa shape index (κ2) is 4.72. The van der Waals surface area contributed by atoms with Crippen LogP contribution in [-0.4, -0.2) is 28.4 Å². The van der Waals surface area contributed by atoms with Gasteiger partial charge < -0.3 is 13.8 Å². The zero-order valence-corrected chi connectivity index (χ0v) is 11.1. The van der Waals surface area contributed by atoms with Crippen LogP contribution in [0, 0.1) is 5.92 Å². The molecule has 0 aromatic carbocycles. The lowest BCUT2D eigenvalue weighted by atomic mass is 10.0. The zero-order valence-electron chi connectivity index (χ0n) is 10.1.